The van der Waals surface area contributed by atoms with E-state index in [9.17, 15) is 19.1 Å². The van der Waals surface area contributed by atoms with E-state index in [2.05, 4.69) is 20.7 Å². The topological polar surface area (TPSA) is 144 Å². The van der Waals surface area contributed by atoms with Crippen LogP contribution in [-0.4, -0.2) is 31.8 Å². The number of pyridine rings is 1. The van der Waals surface area contributed by atoms with Crippen molar-refractivity contribution in [3.8, 4) is 17.2 Å². The van der Waals surface area contributed by atoms with Crippen LogP contribution >= 0.6 is 0 Å². The molecule has 0 aliphatic heterocycles. The number of urea groups is 1. The minimum atomic E-state index is -0.732. The number of hydrogen-bond acceptors (Lipinski definition) is 6. The van der Waals surface area contributed by atoms with Gasteiger partial charge in [-0.3, -0.25) is 15.1 Å². The Morgan fingerprint density at radius 2 is 1.87 bits per heavy atom. The maximum absolute atomic E-state index is 14.9. The molecule has 2 aromatic carbocycles. The number of aromatic nitrogens is 3. The fraction of sp³-hybridized carbons (Fsp3) is 0.214. The molecule has 202 valence electrons. The molecule has 0 saturated carbocycles. The number of carbonyl (C=O) groups is 2. The van der Waals surface area contributed by atoms with E-state index >= 15 is 0 Å². The predicted octanol–water partition coefficient (Wildman–Crippen LogP) is 5.04. The molecule has 0 bridgehead atoms. The SMILES string of the molecule is Cc1c(Oc2ccc(NC(=O)Nc3cc(C(C)(C)C)nn3-c3cccc(CO)c3)c(F)c2)ccnc1C(N)=O. The van der Waals surface area contributed by atoms with Gasteiger partial charge in [-0.15, -0.1) is 0 Å². The molecule has 0 spiro atoms. The van der Waals surface area contributed by atoms with Crippen molar-refractivity contribution in [3.05, 3.63) is 89.1 Å². The maximum Gasteiger partial charge on any atom is 0.324 e. The highest BCUT2D eigenvalue weighted by atomic mass is 19.1. The number of nitrogens with zero attached hydrogens (tertiary/aromatic N) is 3. The van der Waals surface area contributed by atoms with Crippen molar-refractivity contribution < 1.29 is 23.8 Å². The zero-order chi connectivity index (χ0) is 28.3. The summed E-state index contributed by atoms with van der Waals surface area (Å²) in [5.74, 6) is -0.619. The van der Waals surface area contributed by atoms with Crippen LogP contribution in [0.2, 0.25) is 0 Å². The Balaban J connectivity index is 1.54. The van der Waals surface area contributed by atoms with Crippen LogP contribution in [0.1, 0.15) is 48.1 Å². The molecular weight excluding hydrogens is 503 g/mol. The van der Waals surface area contributed by atoms with E-state index in [4.69, 9.17) is 10.5 Å². The van der Waals surface area contributed by atoms with Gasteiger partial charge in [0, 0.05) is 29.3 Å². The first kappa shape index (κ1) is 27.3. The van der Waals surface area contributed by atoms with Crippen LogP contribution in [0.4, 0.5) is 20.7 Å². The van der Waals surface area contributed by atoms with Crippen molar-refractivity contribution in [2.75, 3.05) is 10.6 Å². The Labute approximate surface area is 224 Å². The minimum Gasteiger partial charge on any atom is -0.457 e. The number of hydrogen-bond donors (Lipinski definition) is 4. The molecule has 4 rings (SSSR count). The molecule has 3 amide bonds. The summed E-state index contributed by atoms with van der Waals surface area (Å²) in [6, 6.07) is 13.7. The fourth-order valence-corrected chi connectivity index (χ4v) is 3.75. The standard InChI is InChI=1S/C28H29FN6O4/c1-16-22(10-11-31-25(16)26(30)37)39-19-8-9-21(20(29)13-19)32-27(38)33-24-14-23(28(2,3)4)34-35(24)18-7-5-6-17(12-18)15-36/h5-14,36H,15H2,1-4H3,(H2,30,37)(H2,32,33,38). The quantitative estimate of drug-likeness (QED) is 0.262. The second-order valence-electron chi connectivity index (χ2n) is 9.87. The van der Waals surface area contributed by atoms with Gasteiger partial charge in [0.05, 0.1) is 23.7 Å². The second kappa shape index (κ2) is 10.9. The van der Waals surface area contributed by atoms with E-state index in [0.29, 0.717) is 28.4 Å². The number of benzene rings is 2. The zero-order valence-electron chi connectivity index (χ0n) is 21.9. The summed E-state index contributed by atoms with van der Waals surface area (Å²) in [5, 5.41) is 19.4. The summed E-state index contributed by atoms with van der Waals surface area (Å²) in [4.78, 5) is 28.3. The Hall–Kier alpha value is -4.77. The van der Waals surface area contributed by atoms with E-state index in [1.54, 1.807) is 41.9 Å². The lowest BCUT2D eigenvalue weighted by molar-refractivity contribution is 0.0994. The lowest BCUT2D eigenvalue weighted by Gasteiger charge is -2.14. The van der Waals surface area contributed by atoms with Gasteiger partial charge in [0.15, 0.2) is 0 Å². The third kappa shape index (κ3) is 6.21. The number of amides is 3. The van der Waals surface area contributed by atoms with Crippen molar-refractivity contribution in [1.29, 1.82) is 0 Å². The molecule has 5 N–H and O–H groups in total. The molecule has 2 heterocycles. The molecule has 0 aliphatic rings. The molecule has 0 atom stereocenters. The highest BCUT2D eigenvalue weighted by molar-refractivity contribution is 5.99. The second-order valence-corrected chi connectivity index (χ2v) is 9.87. The van der Waals surface area contributed by atoms with Crippen LogP contribution in [0.5, 0.6) is 11.5 Å². The summed E-state index contributed by atoms with van der Waals surface area (Å²) in [5.41, 5.74) is 7.48. The third-order valence-corrected chi connectivity index (χ3v) is 5.86. The molecule has 4 aromatic rings. The highest BCUT2D eigenvalue weighted by Crippen LogP contribution is 2.30. The lowest BCUT2D eigenvalue weighted by atomic mass is 9.92. The van der Waals surface area contributed by atoms with Crippen LogP contribution in [0, 0.1) is 12.7 Å². The monoisotopic (exact) mass is 532 g/mol. The van der Waals surface area contributed by atoms with Gasteiger partial charge in [-0.25, -0.2) is 13.9 Å². The number of halogens is 1. The summed E-state index contributed by atoms with van der Waals surface area (Å²) < 4.78 is 22.2. The first-order valence-electron chi connectivity index (χ1n) is 12.1. The van der Waals surface area contributed by atoms with Gasteiger partial charge < -0.3 is 20.9 Å². The van der Waals surface area contributed by atoms with E-state index in [0.717, 1.165) is 11.8 Å². The van der Waals surface area contributed by atoms with Gasteiger partial charge in [0.25, 0.3) is 5.91 Å². The van der Waals surface area contributed by atoms with Crippen molar-refractivity contribution in [3.63, 3.8) is 0 Å². The van der Waals surface area contributed by atoms with Gasteiger partial charge in [0.2, 0.25) is 0 Å². The molecule has 0 radical (unpaired) electrons. The van der Waals surface area contributed by atoms with Gasteiger partial charge in [-0.1, -0.05) is 32.9 Å². The normalized spacial score (nSPS) is 11.2. The summed E-state index contributed by atoms with van der Waals surface area (Å²) >= 11 is 0. The lowest BCUT2D eigenvalue weighted by Crippen LogP contribution is -2.22. The van der Waals surface area contributed by atoms with Crippen LogP contribution in [-0.2, 0) is 12.0 Å². The number of ether oxygens (including phenoxy) is 1. The fourth-order valence-electron chi connectivity index (χ4n) is 3.75. The number of rotatable bonds is 7. The average Bonchev–Trinajstić information content (AvgIpc) is 3.31. The Morgan fingerprint density at radius 3 is 2.54 bits per heavy atom. The predicted molar refractivity (Wildman–Crippen MR) is 145 cm³/mol. The summed E-state index contributed by atoms with van der Waals surface area (Å²) in [6.07, 6.45) is 1.37. The van der Waals surface area contributed by atoms with Crippen molar-refractivity contribution in [2.45, 2.75) is 39.7 Å². The third-order valence-electron chi connectivity index (χ3n) is 5.86. The molecule has 2 aromatic heterocycles. The van der Waals surface area contributed by atoms with E-state index in [-0.39, 0.29) is 29.2 Å². The number of primary amides is 1. The smallest absolute Gasteiger partial charge is 0.324 e. The van der Waals surface area contributed by atoms with Crippen LogP contribution in [0.15, 0.2) is 60.8 Å². The van der Waals surface area contributed by atoms with Crippen molar-refractivity contribution >= 4 is 23.4 Å². The molecule has 11 heteroatoms. The number of anilines is 2. The zero-order valence-corrected chi connectivity index (χ0v) is 21.9. The Kier molecular flexibility index (Phi) is 7.63. The van der Waals surface area contributed by atoms with Crippen molar-refractivity contribution in [2.24, 2.45) is 5.73 Å². The number of aliphatic hydroxyl groups excluding tert-OH is 1. The van der Waals surface area contributed by atoms with Crippen molar-refractivity contribution in [1.82, 2.24) is 14.8 Å². The maximum atomic E-state index is 14.9. The molecular formula is C28H29FN6O4. The number of carbonyl (C=O) groups excluding carboxylic acids is 2. The van der Waals surface area contributed by atoms with E-state index < -0.39 is 17.8 Å². The molecule has 0 fully saturated rings. The molecule has 0 saturated heterocycles. The largest absolute Gasteiger partial charge is 0.457 e. The van der Waals surface area contributed by atoms with Crippen LogP contribution in [0.25, 0.3) is 5.69 Å². The van der Waals surface area contributed by atoms with Gasteiger partial charge in [-0.2, -0.15) is 5.10 Å². The average molecular weight is 533 g/mol. The molecule has 10 nitrogen and oxygen atoms in total. The number of nitrogens with two attached hydrogens (primary N) is 1. The molecule has 39 heavy (non-hydrogen) atoms. The number of nitrogens with one attached hydrogen (secondary N) is 2. The van der Waals surface area contributed by atoms with E-state index in [1.807, 2.05) is 20.8 Å². The van der Waals surface area contributed by atoms with E-state index in [1.165, 1.54) is 24.4 Å². The van der Waals surface area contributed by atoms with Crippen LogP contribution < -0.4 is 21.1 Å². The summed E-state index contributed by atoms with van der Waals surface area (Å²) in [7, 11) is 0. The molecule has 0 aliphatic carbocycles. The van der Waals surface area contributed by atoms with Crippen LogP contribution in [0.3, 0.4) is 0 Å². The number of aliphatic hydroxyl groups is 1. The van der Waals surface area contributed by atoms with Gasteiger partial charge >= 0.3 is 6.03 Å². The minimum absolute atomic E-state index is 0.0554. The Bertz CT molecular complexity index is 1540. The Morgan fingerprint density at radius 1 is 1.10 bits per heavy atom. The van der Waals surface area contributed by atoms with Gasteiger partial charge in [-0.05, 0) is 42.8 Å². The molecule has 0 unspecified atom stereocenters. The summed E-state index contributed by atoms with van der Waals surface area (Å²) in [6.45, 7) is 7.46. The first-order valence-corrected chi connectivity index (χ1v) is 12.1. The first-order chi connectivity index (χ1) is 18.5. The van der Waals surface area contributed by atoms with Gasteiger partial charge in [0.1, 0.15) is 28.8 Å². The highest BCUT2D eigenvalue weighted by Gasteiger charge is 2.22.